The van der Waals surface area contributed by atoms with E-state index >= 15 is 0 Å². The van der Waals surface area contributed by atoms with Crippen molar-refractivity contribution in [3.05, 3.63) is 22.8 Å². The minimum absolute atomic E-state index is 0.793. The van der Waals surface area contributed by atoms with Crippen LogP contribution >= 0.6 is 11.6 Å². The standard InChI is InChI=1S/C16H26ClN3/c1-2-8-18-12-14-11-15(17)16(19-13-14)20-9-6-4-3-5-7-10-20/h11,13,18H,2-10,12H2,1H3. The van der Waals surface area contributed by atoms with Gasteiger partial charge in [0, 0.05) is 25.8 Å². The maximum Gasteiger partial charge on any atom is 0.147 e. The molecule has 112 valence electrons. The Bertz CT molecular complexity index is 401. The predicted octanol–water partition coefficient (Wildman–Crippen LogP) is 4.01. The molecule has 1 aromatic heterocycles. The summed E-state index contributed by atoms with van der Waals surface area (Å²) in [7, 11) is 0. The molecule has 1 aliphatic rings. The summed E-state index contributed by atoms with van der Waals surface area (Å²) in [5, 5.41) is 4.18. The van der Waals surface area contributed by atoms with Crippen molar-refractivity contribution in [2.24, 2.45) is 0 Å². The normalized spacial score (nSPS) is 16.8. The second-order valence-corrected chi connectivity index (χ2v) is 5.99. The maximum absolute atomic E-state index is 6.44. The van der Waals surface area contributed by atoms with Gasteiger partial charge in [-0.2, -0.15) is 0 Å². The van der Waals surface area contributed by atoms with Gasteiger partial charge >= 0.3 is 0 Å². The number of halogens is 1. The first-order valence-electron chi connectivity index (χ1n) is 7.91. The van der Waals surface area contributed by atoms with Gasteiger partial charge in [-0.3, -0.25) is 0 Å². The fourth-order valence-corrected chi connectivity index (χ4v) is 2.98. The third kappa shape index (κ3) is 4.64. The van der Waals surface area contributed by atoms with Gasteiger partial charge in [-0.1, -0.05) is 37.8 Å². The summed E-state index contributed by atoms with van der Waals surface area (Å²) in [5.74, 6) is 0.966. The van der Waals surface area contributed by atoms with Crippen molar-refractivity contribution >= 4 is 17.4 Å². The van der Waals surface area contributed by atoms with Crippen LogP contribution in [0.15, 0.2) is 12.3 Å². The Morgan fingerprint density at radius 2 is 1.90 bits per heavy atom. The molecule has 1 N–H and O–H groups in total. The van der Waals surface area contributed by atoms with Gasteiger partial charge in [0.05, 0.1) is 5.02 Å². The predicted molar refractivity (Wildman–Crippen MR) is 86.5 cm³/mol. The van der Waals surface area contributed by atoms with Crippen LogP contribution in [0.5, 0.6) is 0 Å². The van der Waals surface area contributed by atoms with Crippen molar-refractivity contribution in [2.75, 3.05) is 24.5 Å². The molecule has 1 saturated heterocycles. The highest BCUT2D eigenvalue weighted by atomic mass is 35.5. The van der Waals surface area contributed by atoms with Crippen LogP contribution in [0.1, 0.15) is 51.0 Å². The number of nitrogens with one attached hydrogen (secondary N) is 1. The minimum Gasteiger partial charge on any atom is -0.355 e. The largest absolute Gasteiger partial charge is 0.355 e. The molecule has 0 unspecified atom stereocenters. The maximum atomic E-state index is 6.44. The van der Waals surface area contributed by atoms with E-state index in [1.54, 1.807) is 0 Å². The van der Waals surface area contributed by atoms with Gasteiger partial charge < -0.3 is 10.2 Å². The Hall–Kier alpha value is -0.800. The van der Waals surface area contributed by atoms with Crippen molar-refractivity contribution < 1.29 is 0 Å². The molecule has 3 nitrogen and oxygen atoms in total. The summed E-state index contributed by atoms with van der Waals surface area (Å²) in [6.07, 6.45) is 9.63. The molecule has 0 amide bonds. The lowest BCUT2D eigenvalue weighted by Crippen LogP contribution is -2.28. The summed E-state index contributed by atoms with van der Waals surface area (Å²) in [6.45, 7) is 6.22. The third-order valence-corrected chi connectivity index (χ3v) is 4.07. The Morgan fingerprint density at radius 1 is 1.20 bits per heavy atom. The first-order chi connectivity index (χ1) is 9.81. The van der Waals surface area contributed by atoms with Gasteiger partial charge in [0.25, 0.3) is 0 Å². The number of pyridine rings is 1. The summed E-state index contributed by atoms with van der Waals surface area (Å²) in [5.41, 5.74) is 1.17. The highest BCUT2D eigenvalue weighted by Gasteiger charge is 2.13. The first kappa shape index (κ1) is 15.6. The number of nitrogens with zero attached hydrogens (tertiary/aromatic N) is 2. The highest BCUT2D eigenvalue weighted by molar-refractivity contribution is 6.33. The van der Waals surface area contributed by atoms with Crippen molar-refractivity contribution in [3.8, 4) is 0 Å². The summed E-state index contributed by atoms with van der Waals surface area (Å²) in [6, 6.07) is 2.06. The molecule has 0 aromatic carbocycles. The SMILES string of the molecule is CCCNCc1cnc(N2CCCCCCC2)c(Cl)c1. The van der Waals surface area contributed by atoms with Crippen molar-refractivity contribution in [1.82, 2.24) is 10.3 Å². The van der Waals surface area contributed by atoms with E-state index in [0.29, 0.717) is 0 Å². The zero-order valence-corrected chi connectivity index (χ0v) is 13.3. The molecule has 2 heterocycles. The van der Waals surface area contributed by atoms with Crippen LogP contribution in [0.3, 0.4) is 0 Å². The highest BCUT2D eigenvalue weighted by Crippen LogP contribution is 2.26. The Balaban J connectivity index is 2.00. The van der Waals surface area contributed by atoms with E-state index in [2.05, 4.69) is 28.2 Å². The van der Waals surface area contributed by atoms with Crippen molar-refractivity contribution in [3.63, 3.8) is 0 Å². The topological polar surface area (TPSA) is 28.2 Å². The minimum atomic E-state index is 0.793. The second-order valence-electron chi connectivity index (χ2n) is 5.58. The van der Waals surface area contributed by atoms with E-state index in [9.17, 15) is 0 Å². The van der Waals surface area contributed by atoms with Gasteiger partial charge in [0.15, 0.2) is 0 Å². The van der Waals surface area contributed by atoms with Crippen LogP contribution in [0.25, 0.3) is 0 Å². The lowest BCUT2D eigenvalue weighted by atomic mass is 10.1. The van der Waals surface area contributed by atoms with E-state index in [1.807, 2.05) is 6.20 Å². The number of hydrogen-bond donors (Lipinski definition) is 1. The molecule has 20 heavy (non-hydrogen) atoms. The number of rotatable bonds is 5. The Labute approximate surface area is 127 Å². The molecule has 0 bridgehead atoms. The van der Waals surface area contributed by atoms with E-state index in [-0.39, 0.29) is 0 Å². The quantitative estimate of drug-likeness (QED) is 0.832. The van der Waals surface area contributed by atoms with Crippen molar-refractivity contribution in [2.45, 2.75) is 52.0 Å². The van der Waals surface area contributed by atoms with Gasteiger partial charge in [-0.25, -0.2) is 4.98 Å². The van der Waals surface area contributed by atoms with E-state index in [1.165, 1.54) is 37.7 Å². The van der Waals surface area contributed by atoms with Gasteiger partial charge in [-0.05, 0) is 37.4 Å². The molecule has 1 aliphatic heterocycles. The van der Waals surface area contributed by atoms with Gasteiger partial charge in [0.1, 0.15) is 5.82 Å². The fourth-order valence-electron chi connectivity index (χ4n) is 2.67. The zero-order chi connectivity index (χ0) is 14.2. The Kier molecular flexibility index (Phi) is 6.61. The van der Waals surface area contributed by atoms with Crippen LogP contribution in [0.4, 0.5) is 5.82 Å². The van der Waals surface area contributed by atoms with Crippen molar-refractivity contribution in [1.29, 1.82) is 0 Å². The van der Waals surface area contributed by atoms with Gasteiger partial charge in [-0.15, -0.1) is 0 Å². The number of aromatic nitrogens is 1. The third-order valence-electron chi connectivity index (χ3n) is 3.79. The summed E-state index contributed by atoms with van der Waals surface area (Å²) in [4.78, 5) is 6.96. The van der Waals surface area contributed by atoms with Crippen LogP contribution < -0.4 is 10.2 Å². The molecule has 0 atom stereocenters. The van der Waals surface area contributed by atoms with E-state index in [0.717, 1.165) is 43.4 Å². The average Bonchev–Trinajstić information content (AvgIpc) is 2.40. The molecular weight excluding hydrogens is 270 g/mol. The second kappa shape index (κ2) is 8.48. The Morgan fingerprint density at radius 3 is 2.55 bits per heavy atom. The van der Waals surface area contributed by atoms with Crippen LogP contribution in [0, 0.1) is 0 Å². The van der Waals surface area contributed by atoms with Crippen LogP contribution in [-0.4, -0.2) is 24.6 Å². The monoisotopic (exact) mass is 295 g/mol. The van der Waals surface area contributed by atoms with E-state index in [4.69, 9.17) is 11.6 Å². The van der Waals surface area contributed by atoms with Crippen LogP contribution in [0.2, 0.25) is 5.02 Å². The average molecular weight is 296 g/mol. The lowest BCUT2D eigenvalue weighted by Gasteiger charge is -2.26. The molecule has 0 aliphatic carbocycles. The molecule has 0 spiro atoms. The number of hydrogen-bond acceptors (Lipinski definition) is 3. The molecule has 4 heteroatoms. The molecule has 0 radical (unpaired) electrons. The van der Waals surface area contributed by atoms with E-state index < -0.39 is 0 Å². The summed E-state index contributed by atoms with van der Waals surface area (Å²) >= 11 is 6.44. The molecule has 2 rings (SSSR count). The lowest BCUT2D eigenvalue weighted by molar-refractivity contribution is 0.553. The molecular formula is C16H26ClN3. The smallest absolute Gasteiger partial charge is 0.147 e. The molecule has 0 saturated carbocycles. The number of anilines is 1. The van der Waals surface area contributed by atoms with Gasteiger partial charge in [0.2, 0.25) is 0 Å². The molecule has 1 fully saturated rings. The summed E-state index contributed by atoms with van der Waals surface area (Å²) < 4.78 is 0. The fraction of sp³-hybridized carbons (Fsp3) is 0.688. The first-order valence-corrected chi connectivity index (χ1v) is 8.29. The molecule has 1 aromatic rings. The zero-order valence-electron chi connectivity index (χ0n) is 12.5. The van der Waals surface area contributed by atoms with Crippen LogP contribution in [-0.2, 0) is 6.54 Å².